The first-order chi connectivity index (χ1) is 12.1. The molecule has 1 saturated heterocycles. The number of aromatic amines is 1. The molecule has 26 heavy (non-hydrogen) atoms. The van der Waals surface area contributed by atoms with Crippen molar-refractivity contribution >= 4 is 27.5 Å². The minimum Gasteiger partial charge on any atom is -0.334 e. The van der Waals surface area contributed by atoms with Gasteiger partial charge < -0.3 is 4.90 Å². The molecule has 0 atom stereocenters. The summed E-state index contributed by atoms with van der Waals surface area (Å²) < 4.78 is 27.9. The number of aromatic nitrogens is 3. The Balaban J connectivity index is 1.90. The van der Waals surface area contributed by atoms with Crippen LogP contribution in [0.4, 0.5) is 0 Å². The van der Waals surface area contributed by atoms with Gasteiger partial charge in [0.05, 0.1) is 11.2 Å². The molecule has 8 nitrogen and oxygen atoms in total. The van der Waals surface area contributed by atoms with Crippen LogP contribution in [0.3, 0.4) is 0 Å². The molecule has 1 aliphatic heterocycles. The Morgan fingerprint density at radius 3 is 2.62 bits per heavy atom. The highest BCUT2D eigenvalue weighted by molar-refractivity contribution is 7.89. The summed E-state index contributed by atoms with van der Waals surface area (Å²) in [5.74, 6) is -0.256. The molecule has 10 heteroatoms. The van der Waals surface area contributed by atoms with E-state index >= 15 is 0 Å². The number of carbonyl (C=O) groups excluding carboxylic acids is 1. The van der Waals surface area contributed by atoms with Crippen molar-refractivity contribution in [2.75, 3.05) is 19.6 Å². The second kappa shape index (κ2) is 6.64. The summed E-state index contributed by atoms with van der Waals surface area (Å²) in [7, 11) is -3.80. The second-order valence-corrected chi connectivity index (χ2v) is 9.08. The molecule has 0 spiro atoms. The fourth-order valence-electron chi connectivity index (χ4n) is 3.28. The maximum atomic E-state index is 13.3. The molecule has 0 saturated carbocycles. The third-order valence-electron chi connectivity index (χ3n) is 4.47. The number of rotatable bonds is 3. The van der Waals surface area contributed by atoms with E-state index in [1.807, 2.05) is 0 Å². The minimum atomic E-state index is -3.80. The first-order valence-corrected chi connectivity index (χ1v) is 9.90. The van der Waals surface area contributed by atoms with Crippen molar-refractivity contribution in [3.63, 3.8) is 0 Å². The highest BCUT2D eigenvalue weighted by atomic mass is 35.5. The third kappa shape index (κ3) is 3.22. The van der Waals surface area contributed by atoms with Crippen molar-refractivity contribution in [1.29, 1.82) is 0 Å². The molecule has 2 aromatic rings. The molecule has 1 amide bonds. The normalized spacial score (nSPS) is 18.1. The lowest BCUT2D eigenvalue weighted by Gasteiger charge is -2.46. The zero-order valence-corrected chi connectivity index (χ0v) is 16.3. The number of hydrogen-bond acceptors (Lipinski definition) is 5. The van der Waals surface area contributed by atoms with Gasteiger partial charge in [0.15, 0.2) is 0 Å². The summed E-state index contributed by atoms with van der Waals surface area (Å²) in [5, 5.41) is 9.90. The van der Waals surface area contributed by atoms with Crippen LogP contribution in [0.2, 0.25) is 5.02 Å². The van der Waals surface area contributed by atoms with Crippen molar-refractivity contribution in [3.05, 3.63) is 40.7 Å². The average Bonchev–Trinajstić information content (AvgIpc) is 3.06. The van der Waals surface area contributed by atoms with Crippen molar-refractivity contribution < 1.29 is 13.2 Å². The zero-order valence-electron chi connectivity index (χ0n) is 14.7. The Morgan fingerprint density at radius 1 is 1.31 bits per heavy atom. The fraction of sp³-hybridized carbons (Fsp3) is 0.438. The van der Waals surface area contributed by atoms with Gasteiger partial charge in [-0.05, 0) is 32.4 Å². The number of benzene rings is 1. The molecule has 140 valence electrons. The molecule has 2 heterocycles. The maximum Gasteiger partial charge on any atom is 0.273 e. The quantitative estimate of drug-likeness (QED) is 0.849. The molecular weight excluding hydrogens is 378 g/mol. The van der Waals surface area contributed by atoms with E-state index in [2.05, 4.69) is 15.4 Å². The standard InChI is InChI=1S/C16H20ClN5O3S/c1-11-5-4-6-12(17)14(11)26(24,25)22-8-7-21(10-16(22,2)3)15(23)13-9-18-20-19-13/h4-6,9H,7-8,10H2,1-3H3,(H,18,19,20). The van der Waals surface area contributed by atoms with Gasteiger partial charge in [0.25, 0.3) is 5.91 Å². The van der Waals surface area contributed by atoms with Gasteiger partial charge in [0.1, 0.15) is 10.6 Å². The third-order valence-corrected chi connectivity index (χ3v) is 7.21. The van der Waals surface area contributed by atoms with Gasteiger partial charge in [-0.1, -0.05) is 28.9 Å². The Hall–Kier alpha value is -1.97. The lowest BCUT2D eigenvalue weighted by atomic mass is 10.0. The van der Waals surface area contributed by atoms with E-state index in [1.54, 1.807) is 43.9 Å². The number of aryl methyl sites for hydroxylation is 1. The Labute approximate surface area is 157 Å². The number of H-pyrrole nitrogens is 1. The molecule has 1 aliphatic rings. The second-order valence-electron chi connectivity index (χ2n) is 6.87. The summed E-state index contributed by atoms with van der Waals surface area (Å²) in [6.07, 6.45) is 1.35. The van der Waals surface area contributed by atoms with Crippen LogP contribution in [0.1, 0.15) is 29.9 Å². The highest BCUT2D eigenvalue weighted by Gasteiger charge is 2.44. The van der Waals surface area contributed by atoms with Crippen molar-refractivity contribution in [3.8, 4) is 0 Å². The minimum absolute atomic E-state index is 0.118. The molecule has 3 rings (SSSR count). The number of halogens is 1. The van der Waals surface area contributed by atoms with Crippen LogP contribution in [0.15, 0.2) is 29.3 Å². The monoisotopic (exact) mass is 397 g/mol. The molecule has 1 N–H and O–H groups in total. The number of nitrogens with zero attached hydrogens (tertiary/aromatic N) is 4. The van der Waals surface area contributed by atoms with Gasteiger partial charge >= 0.3 is 0 Å². The first-order valence-electron chi connectivity index (χ1n) is 8.08. The van der Waals surface area contributed by atoms with E-state index in [0.29, 0.717) is 5.56 Å². The first kappa shape index (κ1) is 18.8. The number of carbonyl (C=O) groups is 1. The van der Waals surface area contributed by atoms with Crippen LogP contribution >= 0.6 is 11.6 Å². The Kier molecular flexibility index (Phi) is 4.80. The largest absolute Gasteiger partial charge is 0.334 e. The maximum absolute atomic E-state index is 13.3. The Morgan fingerprint density at radius 2 is 2.04 bits per heavy atom. The number of piperazine rings is 1. The van der Waals surface area contributed by atoms with Gasteiger partial charge in [-0.2, -0.15) is 4.31 Å². The fourth-order valence-corrected chi connectivity index (χ4v) is 5.84. The van der Waals surface area contributed by atoms with Gasteiger partial charge in [-0.3, -0.25) is 9.89 Å². The van der Waals surface area contributed by atoms with E-state index in [1.165, 1.54) is 10.5 Å². The van der Waals surface area contributed by atoms with Crippen LogP contribution in [0, 0.1) is 6.92 Å². The van der Waals surface area contributed by atoms with Crippen molar-refractivity contribution in [1.82, 2.24) is 24.6 Å². The van der Waals surface area contributed by atoms with Crippen LogP contribution in [0.25, 0.3) is 0 Å². The average molecular weight is 398 g/mol. The summed E-state index contributed by atoms with van der Waals surface area (Å²) in [6.45, 7) is 5.99. The molecular formula is C16H20ClN5O3S. The van der Waals surface area contributed by atoms with Crippen LogP contribution in [-0.2, 0) is 10.0 Å². The summed E-state index contributed by atoms with van der Waals surface area (Å²) in [5.41, 5.74) is 0.0700. The number of amides is 1. The summed E-state index contributed by atoms with van der Waals surface area (Å²) in [4.78, 5) is 14.2. The van der Waals surface area contributed by atoms with Gasteiger partial charge in [0, 0.05) is 25.2 Å². The van der Waals surface area contributed by atoms with E-state index in [0.717, 1.165) is 0 Å². The Bertz CT molecular complexity index is 907. The SMILES string of the molecule is Cc1cccc(Cl)c1S(=O)(=O)N1CCN(C(=O)c2cnn[nH]2)CC1(C)C. The molecule has 0 aliphatic carbocycles. The molecule has 1 fully saturated rings. The van der Waals surface area contributed by atoms with E-state index in [9.17, 15) is 13.2 Å². The van der Waals surface area contributed by atoms with Gasteiger partial charge in [-0.25, -0.2) is 8.42 Å². The van der Waals surface area contributed by atoms with Crippen molar-refractivity contribution in [2.45, 2.75) is 31.2 Å². The predicted molar refractivity (Wildman–Crippen MR) is 96.4 cm³/mol. The van der Waals surface area contributed by atoms with E-state index in [4.69, 9.17) is 11.6 Å². The summed E-state index contributed by atoms with van der Waals surface area (Å²) in [6, 6.07) is 5.01. The topological polar surface area (TPSA) is 99.3 Å². The van der Waals surface area contributed by atoms with Gasteiger partial charge in [0.2, 0.25) is 10.0 Å². The smallest absolute Gasteiger partial charge is 0.273 e. The lowest BCUT2D eigenvalue weighted by molar-refractivity contribution is 0.0489. The molecule has 1 aromatic heterocycles. The van der Waals surface area contributed by atoms with Crippen LogP contribution in [-0.4, -0.2) is 64.1 Å². The molecule has 0 radical (unpaired) electrons. The van der Waals surface area contributed by atoms with Gasteiger partial charge in [-0.15, -0.1) is 5.10 Å². The van der Waals surface area contributed by atoms with E-state index in [-0.39, 0.29) is 41.2 Å². The molecule has 0 unspecified atom stereocenters. The number of hydrogen-bond donors (Lipinski definition) is 1. The highest BCUT2D eigenvalue weighted by Crippen LogP contribution is 2.33. The van der Waals surface area contributed by atoms with E-state index < -0.39 is 15.6 Å². The molecule has 0 bridgehead atoms. The summed E-state index contributed by atoms with van der Waals surface area (Å²) >= 11 is 6.18. The predicted octanol–water partition coefficient (Wildman–Crippen LogP) is 1.69. The lowest BCUT2D eigenvalue weighted by Crippen LogP contribution is -2.62. The number of nitrogens with one attached hydrogen (secondary N) is 1. The number of sulfonamides is 1. The zero-order chi connectivity index (χ0) is 19.1. The molecule has 1 aromatic carbocycles. The van der Waals surface area contributed by atoms with Crippen LogP contribution in [0.5, 0.6) is 0 Å². The van der Waals surface area contributed by atoms with Crippen molar-refractivity contribution in [2.24, 2.45) is 0 Å². The van der Waals surface area contributed by atoms with Crippen LogP contribution < -0.4 is 0 Å².